The smallest absolute Gasteiger partial charge is 0.220 e. The Kier molecular flexibility index (Phi) is 12.6. The molecular weight excluding hydrogens is 250 g/mol. The van der Waals surface area contributed by atoms with E-state index in [1.165, 1.54) is 32.1 Å². The lowest BCUT2D eigenvalue weighted by atomic mass is 9.89. The summed E-state index contributed by atoms with van der Waals surface area (Å²) in [6.07, 6.45) is 14.9. The number of carbonyl (C=O) groups excluding carboxylic acids is 1. The molecule has 0 aromatic carbocycles. The quantitative estimate of drug-likeness (QED) is 0.399. The summed E-state index contributed by atoms with van der Waals surface area (Å²) in [6.45, 7) is 4.14. The third-order valence-corrected chi connectivity index (χ3v) is 3.87. The SMILES string of the molecule is CCCCC=CCCCCCCC(C(N)=O)C(C)CO. The largest absolute Gasteiger partial charge is 0.396 e. The Morgan fingerprint density at radius 2 is 1.70 bits per heavy atom. The first kappa shape index (κ1) is 19.2. The topological polar surface area (TPSA) is 63.3 Å². The van der Waals surface area contributed by atoms with Crippen LogP contribution in [-0.2, 0) is 4.79 Å². The molecule has 0 aromatic heterocycles. The van der Waals surface area contributed by atoms with E-state index in [4.69, 9.17) is 10.8 Å². The zero-order valence-corrected chi connectivity index (χ0v) is 13.3. The van der Waals surface area contributed by atoms with Gasteiger partial charge in [0.15, 0.2) is 0 Å². The third kappa shape index (κ3) is 10.0. The molecule has 3 heteroatoms. The summed E-state index contributed by atoms with van der Waals surface area (Å²) in [6, 6.07) is 0. The monoisotopic (exact) mass is 283 g/mol. The highest BCUT2D eigenvalue weighted by molar-refractivity contribution is 5.76. The van der Waals surface area contributed by atoms with Gasteiger partial charge in [0.1, 0.15) is 0 Å². The standard InChI is InChI=1S/C17H33NO2/c1-3-4-5-6-7-8-9-10-11-12-13-16(17(18)20)15(2)14-19/h6-7,15-16,19H,3-5,8-14H2,1-2H3,(H2,18,20). The third-order valence-electron chi connectivity index (χ3n) is 3.87. The maximum atomic E-state index is 11.3. The molecule has 3 N–H and O–H groups in total. The first-order chi connectivity index (χ1) is 9.63. The lowest BCUT2D eigenvalue weighted by Gasteiger charge is -2.18. The van der Waals surface area contributed by atoms with Gasteiger partial charge in [-0.1, -0.05) is 58.1 Å². The van der Waals surface area contributed by atoms with Gasteiger partial charge in [-0.15, -0.1) is 0 Å². The van der Waals surface area contributed by atoms with Crippen LogP contribution in [0.3, 0.4) is 0 Å². The molecular formula is C17H33NO2. The molecule has 20 heavy (non-hydrogen) atoms. The number of amides is 1. The van der Waals surface area contributed by atoms with Crippen LogP contribution in [-0.4, -0.2) is 17.6 Å². The molecule has 1 amide bonds. The van der Waals surface area contributed by atoms with Crippen LogP contribution in [0.2, 0.25) is 0 Å². The number of allylic oxidation sites excluding steroid dienone is 2. The molecule has 2 unspecified atom stereocenters. The van der Waals surface area contributed by atoms with Crippen molar-refractivity contribution in [3.05, 3.63) is 12.2 Å². The van der Waals surface area contributed by atoms with Crippen LogP contribution in [0, 0.1) is 11.8 Å². The van der Waals surface area contributed by atoms with Crippen molar-refractivity contribution in [2.75, 3.05) is 6.61 Å². The number of aliphatic hydroxyl groups is 1. The molecule has 0 aliphatic heterocycles. The number of hydrogen-bond acceptors (Lipinski definition) is 2. The first-order valence-electron chi connectivity index (χ1n) is 8.18. The van der Waals surface area contributed by atoms with Crippen LogP contribution in [0.4, 0.5) is 0 Å². The van der Waals surface area contributed by atoms with Gasteiger partial charge in [0.2, 0.25) is 5.91 Å². The fourth-order valence-electron chi connectivity index (χ4n) is 2.37. The molecule has 0 aliphatic carbocycles. The van der Waals surface area contributed by atoms with E-state index in [2.05, 4.69) is 19.1 Å². The molecule has 118 valence electrons. The van der Waals surface area contributed by atoms with Crippen molar-refractivity contribution in [2.45, 2.75) is 71.6 Å². The molecule has 0 aromatic rings. The van der Waals surface area contributed by atoms with Crippen molar-refractivity contribution in [3.8, 4) is 0 Å². The Balaban J connectivity index is 3.55. The molecule has 0 spiro atoms. The van der Waals surface area contributed by atoms with Crippen molar-refractivity contribution < 1.29 is 9.90 Å². The molecule has 0 saturated carbocycles. The Morgan fingerprint density at radius 1 is 1.10 bits per heavy atom. The molecule has 0 bridgehead atoms. The number of nitrogens with two attached hydrogens (primary N) is 1. The highest BCUT2D eigenvalue weighted by atomic mass is 16.3. The van der Waals surface area contributed by atoms with Gasteiger partial charge in [-0.3, -0.25) is 4.79 Å². The number of carbonyl (C=O) groups is 1. The number of hydrogen-bond donors (Lipinski definition) is 2. The van der Waals surface area contributed by atoms with Gasteiger partial charge in [0.25, 0.3) is 0 Å². The van der Waals surface area contributed by atoms with Crippen LogP contribution in [0.15, 0.2) is 12.2 Å². The molecule has 3 nitrogen and oxygen atoms in total. The fourth-order valence-corrected chi connectivity index (χ4v) is 2.37. The highest BCUT2D eigenvalue weighted by Crippen LogP contribution is 2.19. The molecule has 0 rings (SSSR count). The summed E-state index contributed by atoms with van der Waals surface area (Å²) in [5.74, 6) is -0.464. The molecule has 0 heterocycles. The zero-order valence-electron chi connectivity index (χ0n) is 13.3. The van der Waals surface area contributed by atoms with Crippen molar-refractivity contribution in [1.29, 1.82) is 0 Å². The second-order valence-corrected chi connectivity index (χ2v) is 5.77. The summed E-state index contributed by atoms with van der Waals surface area (Å²) in [7, 11) is 0. The van der Waals surface area contributed by atoms with E-state index >= 15 is 0 Å². The number of aliphatic hydroxyl groups excluding tert-OH is 1. The predicted octanol–water partition coefficient (Wildman–Crippen LogP) is 3.80. The molecule has 0 saturated heterocycles. The lowest BCUT2D eigenvalue weighted by Crippen LogP contribution is -2.30. The van der Waals surface area contributed by atoms with Crippen molar-refractivity contribution in [2.24, 2.45) is 17.6 Å². The highest BCUT2D eigenvalue weighted by Gasteiger charge is 2.21. The normalized spacial score (nSPS) is 14.6. The van der Waals surface area contributed by atoms with Gasteiger partial charge in [-0.2, -0.15) is 0 Å². The Hall–Kier alpha value is -0.830. The maximum absolute atomic E-state index is 11.3. The van der Waals surface area contributed by atoms with E-state index in [1.807, 2.05) is 6.92 Å². The van der Waals surface area contributed by atoms with Crippen molar-refractivity contribution in [1.82, 2.24) is 0 Å². The van der Waals surface area contributed by atoms with E-state index in [1.54, 1.807) is 0 Å². The predicted molar refractivity (Wildman–Crippen MR) is 85.3 cm³/mol. The summed E-state index contributed by atoms with van der Waals surface area (Å²) >= 11 is 0. The average Bonchev–Trinajstić information content (AvgIpc) is 2.43. The fraction of sp³-hybridized carbons (Fsp3) is 0.824. The molecule has 0 aliphatic rings. The second-order valence-electron chi connectivity index (χ2n) is 5.77. The number of unbranched alkanes of at least 4 members (excludes halogenated alkanes) is 6. The van der Waals surface area contributed by atoms with E-state index < -0.39 is 0 Å². The van der Waals surface area contributed by atoms with Gasteiger partial charge in [-0.05, 0) is 31.6 Å². The first-order valence-corrected chi connectivity index (χ1v) is 8.18. The minimum Gasteiger partial charge on any atom is -0.396 e. The van der Waals surface area contributed by atoms with E-state index in [9.17, 15) is 4.79 Å². The maximum Gasteiger partial charge on any atom is 0.220 e. The van der Waals surface area contributed by atoms with Gasteiger partial charge in [0.05, 0.1) is 0 Å². The second kappa shape index (κ2) is 13.2. The summed E-state index contributed by atoms with van der Waals surface area (Å²) in [5.41, 5.74) is 5.37. The van der Waals surface area contributed by atoms with Crippen LogP contribution < -0.4 is 5.73 Å². The van der Waals surface area contributed by atoms with E-state index in [-0.39, 0.29) is 24.3 Å². The van der Waals surface area contributed by atoms with Crippen molar-refractivity contribution >= 4 is 5.91 Å². The number of primary amides is 1. The minimum atomic E-state index is -0.273. The van der Waals surface area contributed by atoms with Gasteiger partial charge in [-0.25, -0.2) is 0 Å². The molecule has 2 atom stereocenters. The van der Waals surface area contributed by atoms with Crippen LogP contribution in [0.25, 0.3) is 0 Å². The molecule has 0 radical (unpaired) electrons. The summed E-state index contributed by atoms with van der Waals surface area (Å²) in [5, 5.41) is 9.10. The van der Waals surface area contributed by atoms with Crippen LogP contribution >= 0.6 is 0 Å². The van der Waals surface area contributed by atoms with E-state index in [0.717, 1.165) is 25.7 Å². The van der Waals surface area contributed by atoms with Crippen LogP contribution in [0.5, 0.6) is 0 Å². The van der Waals surface area contributed by atoms with Gasteiger partial charge < -0.3 is 10.8 Å². The van der Waals surface area contributed by atoms with Gasteiger partial charge >= 0.3 is 0 Å². The van der Waals surface area contributed by atoms with E-state index in [0.29, 0.717) is 0 Å². The lowest BCUT2D eigenvalue weighted by molar-refractivity contribution is -0.124. The minimum absolute atomic E-state index is 0.0194. The summed E-state index contributed by atoms with van der Waals surface area (Å²) < 4.78 is 0. The van der Waals surface area contributed by atoms with Crippen molar-refractivity contribution in [3.63, 3.8) is 0 Å². The number of rotatable bonds is 13. The average molecular weight is 283 g/mol. The zero-order chi connectivity index (χ0) is 15.2. The van der Waals surface area contributed by atoms with Gasteiger partial charge in [0, 0.05) is 12.5 Å². The Bertz CT molecular complexity index is 264. The Labute approximate surface area is 124 Å². The Morgan fingerprint density at radius 3 is 2.25 bits per heavy atom. The van der Waals surface area contributed by atoms with Crippen LogP contribution in [0.1, 0.15) is 71.6 Å². The molecule has 0 fully saturated rings. The summed E-state index contributed by atoms with van der Waals surface area (Å²) in [4.78, 5) is 11.3.